The van der Waals surface area contributed by atoms with Gasteiger partial charge in [-0.25, -0.2) is 4.39 Å². The number of piperidine rings is 1. The van der Waals surface area contributed by atoms with Crippen molar-refractivity contribution in [1.29, 1.82) is 0 Å². The van der Waals surface area contributed by atoms with Gasteiger partial charge in [0, 0.05) is 6.54 Å². The predicted octanol–water partition coefficient (Wildman–Crippen LogP) is 6.27. The molecule has 34 heavy (non-hydrogen) atoms. The molecule has 1 fully saturated rings. The summed E-state index contributed by atoms with van der Waals surface area (Å²) in [5.74, 6) is 0.779. The van der Waals surface area contributed by atoms with E-state index in [1.54, 1.807) is 19.1 Å². The lowest BCUT2D eigenvalue weighted by molar-refractivity contribution is 0.101. The summed E-state index contributed by atoms with van der Waals surface area (Å²) in [5, 5.41) is 0.345. The number of benzene rings is 2. The first-order valence-corrected chi connectivity index (χ1v) is 12.4. The van der Waals surface area contributed by atoms with Crippen LogP contribution in [0.4, 0.5) is 4.39 Å². The van der Waals surface area contributed by atoms with Crippen LogP contribution >= 0.6 is 11.6 Å². The maximum absolute atomic E-state index is 13.9. The lowest BCUT2D eigenvalue weighted by Gasteiger charge is -2.27. The Bertz CT molecular complexity index is 976. The van der Waals surface area contributed by atoms with Crippen LogP contribution in [0.5, 0.6) is 17.2 Å². The van der Waals surface area contributed by atoms with E-state index in [1.165, 1.54) is 39.4 Å². The number of rotatable bonds is 12. The second-order valence-corrected chi connectivity index (χ2v) is 9.09. The molecule has 1 aliphatic rings. The Morgan fingerprint density at radius 1 is 1.03 bits per heavy atom. The van der Waals surface area contributed by atoms with Gasteiger partial charge in [0.15, 0.2) is 17.3 Å². The third-order valence-corrected chi connectivity index (χ3v) is 6.70. The number of nitrogens with zero attached hydrogens (tertiary/aromatic N) is 1. The molecule has 1 aliphatic heterocycles. The first kappa shape index (κ1) is 26.3. The van der Waals surface area contributed by atoms with Crippen LogP contribution in [-0.2, 0) is 6.42 Å². The molecule has 3 rings (SSSR count). The number of unbranched alkanes of at least 4 members (excludes halogenated alkanes) is 1. The average molecular weight is 492 g/mol. The second-order valence-electron chi connectivity index (χ2n) is 8.71. The van der Waals surface area contributed by atoms with Gasteiger partial charge >= 0.3 is 0 Å². The molecule has 0 unspecified atom stereocenters. The maximum atomic E-state index is 13.9. The fraction of sp³-hybridized carbons (Fsp3) is 0.519. The Hall–Kier alpha value is -2.31. The summed E-state index contributed by atoms with van der Waals surface area (Å²) in [4.78, 5) is 14.9. The van der Waals surface area contributed by atoms with Gasteiger partial charge in [0.05, 0.1) is 24.3 Å². The molecule has 0 aliphatic carbocycles. The number of hydrogen-bond acceptors (Lipinski definition) is 5. The van der Waals surface area contributed by atoms with Crippen LogP contribution in [0.2, 0.25) is 5.02 Å². The van der Waals surface area contributed by atoms with E-state index in [4.69, 9.17) is 25.8 Å². The first-order chi connectivity index (χ1) is 16.4. The summed E-state index contributed by atoms with van der Waals surface area (Å²) in [5.41, 5.74) is 1.73. The van der Waals surface area contributed by atoms with Crippen LogP contribution in [0.25, 0.3) is 0 Å². The van der Waals surface area contributed by atoms with Gasteiger partial charge in [0.1, 0.15) is 12.4 Å². The molecule has 0 aromatic heterocycles. The Morgan fingerprint density at radius 3 is 2.41 bits per heavy atom. The standard InChI is InChI=1S/C27H35ClFNO4/c1-19-23(20(2)31)25(34-18-16-30-14-8-4-9-15-30)27(26(32-3)24(19)28)33-17-10-7-12-21-11-5-6-13-22(21)29/h5-6,11,13H,4,7-10,12,14-18H2,1-3H3. The van der Waals surface area contributed by atoms with Gasteiger partial charge in [-0.05, 0) is 76.2 Å². The molecular formula is C27H35ClFNO4. The van der Waals surface area contributed by atoms with E-state index < -0.39 is 0 Å². The highest BCUT2D eigenvalue weighted by molar-refractivity contribution is 6.34. The Kier molecular flexibility index (Phi) is 10.0. The summed E-state index contributed by atoms with van der Waals surface area (Å²) in [6, 6.07) is 6.80. The third-order valence-electron chi connectivity index (χ3n) is 6.25. The van der Waals surface area contributed by atoms with Crippen LogP contribution in [0.3, 0.4) is 0 Å². The van der Waals surface area contributed by atoms with Gasteiger partial charge in [0.25, 0.3) is 0 Å². The second kappa shape index (κ2) is 13.0. The lowest BCUT2D eigenvalue weighted by Crippen LogP contribution is -2.33. The van der Waals surface area contributed by atoms with Gasteiger partial charge in [-0.2, -0.15) is 0 Å². The van der Waals surface area contributed by atoms with Gasteiger partial charge < -0.3 is 14.2 Å². The monoisotopic (exact) mass is 491 g/mol. The molecule has 7 heteroatoms. The van der Waals surface area contributed by atoms with E-state index >= 15 is 0 Å². The summed E-state index contributed by atoms with van der Waals surface area (Å²) in [7, 11) is 1.52. The minimum absolute atomic E-state index is 0.139. The molecule has 5 nitrogen and oxygen atoms in total. The average Bonchev–Trinajstić information content (AvgIpc) is 2.83. The number of hydrogen-bond donors (Lipinski definition) is 0. The van der Waals surface area contributed by atoms with Crippen molar-refractivity contribution in [3.8, 4) is 17.2 Å². The van der Waals surface area contributed by atoms with Gasteiger partial charge in [-0.3, -0.25) is 9.69 Å². The molecular weight excluding hydrogens is 457 g/mol. The van der Waals surface area contributed by atoms with Crippen LogP contribution in [0.15, 0.2) is 24.3 Å². The van der Waals surface area contributed by atoms with Gasteiger partial charge in [-0.1, -0.05) is 36.2 Å². The number of methoxy groups -OCH3 is 1. The molecule has 0 N–H and O–H groups in total. The number of ether oxygens (including phenoxy) is 3. The largest absolute Gasteiger partial charge is 0.491 e. The molecule has 1 heterocycles. The molecule has 2 aromatic rings. The number of aryl methyl sites for hydroxylation is 1. The van der Waals surface area contributed by atoms with Crippen molar-refractivity contribution in [3.05, 3.63) is 51.8 Å². The molecule has 0 amide bonds. The molecule has 0 radical (unpaired) electrons. The normalized spacial score (nSPS) is 14.1. The zero-order valence-electron chi connectivity index (χ0n) is 20.4. The van der Waals surface area contributed by atoms with Crippen molar-refractivity contribution in [2.24, 2.45) is 0 Å². The molecule has 0 saturated carbocycles. The highest BCUT2D eigenvalue weighted by atomic mass is 35.5. The van der Waals surface area contributed by atoms with E-state index in [0.29, 0.717) is 65.0 Å². The van der Waals surface area contributed by atoms with Crippen LogP contribution < -0.4 is 14.2 Å². The van der Waals surface area contributed by atoms with Crippen LogP contribution in [-0.4, -0.2) is 50.6 Å². The number of carbonyl (C=O) groups is 1. The van der Waals surface area contributed by atoms with E-state index in [9.17, 15) is 9.18 Å². The number of carbonyl (C=O) groups excluding carboxylic acids is 1. The molecule has 0 bridgehead atoms. The highest BCUT2D eigenvalue weighted by Crippen LogP contribution is 2.48. The molecule has 0 spiro atoms. The van der Waals surface area contributed by atoms with E-state index in [2.05, 4.69) is 4.90 Å². The summed E-state index contributed by atoms with van der Waals surface area (Å²) in [6.45, 7) is 7.01. The number of halogens is 2. The quantitative estimate of drug-likeness (QED) is 0.259. The van der Waals surface area contributed by atoms with Crippen molar-refractivity contribution in [3.63, 3.8) is 0 Å². The number of ketones is 1. The summed E-state index contributed by atoms with van der Waals surface area (Å²) >= 11 is 6.55. The lowest BCUT2D eigenvalue weighted by atomic mass is 10.0. The van der Waals surface area contributed by atoms with Crippen molar-refractivity contribution >= 4 is 17.4 Å². The Labute approximate surface area is 207 Å². The minimum Gasteiger partial charge on any atom is -0.491 e. The van der Waals surface area contributed by atoms with Crippen LogP contribution in [0.1, 0.15) is 60.5 Å². The van der Waals surface area contributed by atoms with Crippen LogP contribution in [0, 0.1) is 12.7 Å². The van der Waals surface area contributed by atoms with Gasteiger partial charge in [0.2, 0.25) is 5.75 Å². The van der Waals surface area contributed by atoms with E-state index in [-0.39, 0.29) is 11.6 Å². The first-order valence-electron chi connectivity index (χ1n) is 12.1. The summed E-state index contributed by atoms with van der Waals surface area (Å²) in [6.07, 6.45) is 5.76. The Morgan fingerprint density at radius 2 is 1.74 bits per heavy atom. The Balaban J connectivity index is 1.73. The van der Waals surface area contributed by atoms with Gasteiger partial charge in [-0.15, -0.1) is 0 Å². The molecule has 186 valence electrons. The van der Waals surface area contributed by atoms with Crippen molar-refractivity contribution in [1.82, 2.24) is 4.90 Å². The zero-order chi connectivity index (χ0) is 24.5. The summed E-state index contributed by atoms with van der Waals surface area (Å²) < 4.78 is 31.7. The van der Waals surface area contributed by atoms with Crippen molar-refractivity contribution < 1.29 is 23.4 Å². The highest BCUT2D eigenvalue weighted by Gasteiger charge is 2.27. The third kappa shape index (κ3) is 6.63. The van der Waals surface area contributed by atoms with Crippen molar-refractivity contribution in [2.75, 3.05) is 40.0 Å². The van der Waals surface area contributed by atoms with E-state index in [1.807, 2.05) is 6.07 Å². The zero-order valence-corrected chi connectivity index (χ0v) is 21.2. The molecule has 0 atom stereocenters. The fourth-order valence-corrected chi connectivity index (χ4v) is 4.65. The maximum Gasteiger partial charge on any atom is 0.205 e. The SMILES string of the molecule is COc1c(Cl)c(C)c(C(C)=O)c(OCCN2CCCCC2)c1OCCCCc1ccccc1F. The predicted molar refractivity (Wildman–Crippen MR) is 133 cm³/mol. The smallest absolute Gasteiger partial charge is 0.205 e. The van der Waals surface area contributed by atoms with Crippen molar-refractivity contribution in [2.45, 2.75) is 52.4 Å². The number of Topliss-reactive ketones (excluding diaryl/α,β-unsaturated/α-hetero) is 1. The fourth-order valence-electron chi connectivity index (χ4n) is 4.39. The topological polar surface area (TPSA) is 48.0 Å². The number of likely N-dealkylation sites (tertiary alicyclic amines) is 1. The van der Waals surface area contributed by atoms with E-state index in [0.717, 1.165) is 26.1 Å². The molecule has 1 saturated heterocycles. The molecule has 2 aromatic carbocycles. The minimum atomic E-state index is -0.189.